The summed E-state index contributed by atoms with van der Waals surface area (Å²) in [5.41, 5.74) is -0.528. The number of hydrogen-bond acceptors (Lipinski definition) is 6. The van der Waals surface area contributed by atoms with E-state index in [9.17, 15) is 18.7 Å². The number of hydrogen-bond donors (Lipinski definition) is 1. The molecule has 1 N–H and O–H groups in total. The largest absolute Gasteiger partial charge is 0.383 e. The molecule has 35 heavy (non-hydrogen) atoms. The predicted molar refractivity (Wildman–Crippen MR) is 124 cm³/mol. The van der Waals surface area contributed by atoms with Crippen LogP contribution in [-0.4, -0.2) is 39.7 Å². The van der Waals surface area contributed by atoms with Gasteiger partial charge >= 0.3 is 5.69 Å². The zero-order chi connectivity index (χ0) is 25.0. The van der Waals surface area contributed by atoms with Crippen molar-refractivity contribution in [3.63, 3.8) is 0 Å². The van der Waals surface area contributed by atoms with Gasteiger partial charge in [0.05, 0.1) is 12.2 Å². The number of aromatic nitrogens is 7. The first kappa shape index (κ1) is 24.1. The molecule has 0 saturated carbocycles. The average molecular weight is 482 g/mol. The van der Waals surface area contributed by atoms with Crippen molar-refractivity contribution in [1.82, 2.24) is 34.6 Å². The molecule has 2 aromatic carbocycles. The van der Waals surface area contributed by atoms with E-state index in [0.29, 0.717) is 18.7 Å². The number of nitrogens with zero attached hydrogens (tertiary/aromatic N) is 7. The zero-order valence-electron chi connectivity index (χ0n) is 19.3. The monoisotopic (exact) mass is 481 g/mol. The minimum absolute atomic E-state index is 0.00906. The molecule has 2 heterocycles. The van der Waals surface area contributed by atoms with Crippen molar-refractivity contribution in [2.24, 2.45) is 5.92 Å². The number of tetrazole rings is 1. The van der Waals surface area contributed by atoms with Gasteiger partial charge in [0.15, 0.2) is 0 Å². The molecule has 0 aliphatic heterocycles. The lowest BCUT2D eigenvalue weighted by molar-refractivity contribution is -0.0379. The van der Waals surface area contributed by atoms with E-state index >= 15 is 0 Å². The van der Waals surface area contributed by atoms with Gasteiger partial charge in [-0.15, -0.1) is 0 Å². The van der Waals surface area contributed by atoms with E-state index in [4.69, 9.17) is 0 Å². The van der Waals surface area contributed by atoms with Crippen molar-refractivity contribution in [2.45, 2.75) is 39.0 Å². The Morgan fingerprint density at radius 1 is 1.14 bits per heavy atom. The molecule has 2 atom stereocenters. The standard InChI is InChI=1S/C24H25F2N7O2/c1-3-32-23(34)33(30-29-32)20-10-7-18(8-11-20)6-4-5-17(2)24(35,14-31-16-27-15-28-31)21-12-9-19(25)13-22(21)26/h4,6-13,15-17,35H,3,5,14H2,1-2H3/b6-4+/t17-,24+/m0/s1. The topological polar surface area (TPSA) is 104 Å². The highest BCUT2D eigenvalue weighted by molar-refractivity contribution is 5.51. The van der Waals surface area contributed by atoms with Crippen LogP contribution in [0.1, 0.15) is 31.4 Å². The lowest BCUT2D eigenvalue weighted by Crippen LogP contribution is -2.39. The number of aryl methyl sites for hydroxylation is 1. The molecule has 0 bridgehead atoms. The maximum absolute atomic E-state index is 14.7. The second-order valence-corrected chi connectivity index (χ2v) is 8.26. The first-order valence-electron chi connectivity index (χ1n) is 11.1. The molecule has 0 amide bonds. The average Bonchev–Trinajstić information content (AvgIpc) is 3.48. The predicted octanol–water partition coefficient (Wildman–Crippen LogP) is 2.95. The van der Waals surface area contributed by atoms with Crippen LogP contribution in [0.2, 0.25) is 0 Å². The van der Waals surface area contributed by atoms with E-state index in [0.717, 1.165) is 17.7 Å². The summed E-state index contributed by atoms with van der Waals surface area (Å²) in [5.74, 6) is -2.00. The molecule has 9 nitrogen and oxygen atoms in total. The van der Waals surface area contributed by atoms with E-state index in [-0.39, 0.29) is 17.8 Å². The molecule has 4 rings (SSSR count). The third-order valence-corrected chi connectivity index (χ3v) is 5.96. The molecule has 0 spiro atoms. The van der Waals surface area contributed by atoms with Gasteiger partial charge in [0.2, 0.25) is 0 Å². The van der Waals surface area contributed by atoms with Gasteiger partial charge in [0.25, 0.3) is 0 Å². The summed E-state index contributed by atoms with van der Waals surface area (Å²) in [5, 5.41) is 23.3. The number of rotatable bonds is 9. The molecule has 0 radical (unpaired) electrons. The summed E-state index contributed by atoms with van der Waals surface area (Å²) in [6, 6.07) is 10.3. The smallest absolute Gasteiger partial charge is 0.368 e. The zero-order valence-corrected chi connectivity index (χ0v) is 19.3. The molecular weight excluding hydrogens is 456 g/mol. The third kappa shape index (κ3) is 5.09. The van der Waals surface area contributed by atoms with Crippen LogP contribution in [0.4, 0.5) is 8.78 Å². The van der Waals surface area contributed by atoms with Crippen molar-refractivity contribution in [1.29, 1.82) is 0 Å². The minimum atomic E-state index is -1.66. The molecule has 0 unspecified atom stereocenters. The molecule has 182 valence electrons. The molecule has 0 saturated heterocycles. The van der Waals surface area contributed by atoms with Crippen LogP contribution in [0.15, 0.2) is 66.0 Å². The molecule has 4 aromatic rings. The number of benzene rings is 2. The van der Waals surface area contributed by atoms with Gasteiger partial charge in [-0.25, -0.2) is 23.2 Å². The fourth-order valence-corrected chi connectivity index (χ4v) is 3.87. The number of aliphatic hydroxyl groups is 1. The third-order valence-electron chi connectivity index (χ3n) is 5.96. The Morgan fingerprint density at radius 2 is 1.91 bits per heavy atom. The van der Waals surface area contributed by atoms with Crippen LogP contribution < -0.4 is 5.69 Å². The van der Waals surface area contributed by atoms with Crippen molar-refractivity contribution < 1.29 is 13.9 Å². The maximum atomic E-state index is 14.7. The van der Waals surface area contributed by atoms with Crippen molar-refractivity contribution in [3.8, 4) is 5.69 Å². The molecule has 11 heteroatoms. The van der Waals surface area contributed by atoms with Gasteiger partial charge in [0, 0.05) is 18.2 Å². The van der Waals surface area contributed by atoms with Crippen molar-refractivity contribution >= 4 is 6.08 Å². The Bertz CT molecular complexity index is 1360. The van der Waals surface area contributed by atoms with Gasteiger partial charge in [-0.3, -0.25) is 0 Å². The molecule has 0 aliphatic carbocycles. The van der Waals surface area contributed by atoms with Crippen LogP contribution in [0.3, 0.4) is 0 Å². The highest BCUT2D eigenvalue weighted by Gasteiger charge is 2.38. The summed E-state index contributed by atoms with van der Waals surface area (Å²) < 4.78 is 32.0. The first-order valence-corrected chi connectivity index (χ1v) is 11.1. The van der Waals surface area contributed by atoms with Gasteiger partial charge < -0.3 is 5.11 Å². The molecule has 0 fully saturated rings. The Morgan fingerprint density at radius 3 is 2.54 bits per heavy atom. The summed E-state index contributed by atoms with van der Waals surface area (Å²) in [6.07, 6.45) is 6.89. The van der Waals surface area contributed by atoms with E-state index in [1.54, 1.807) is 19.1 Å². The summed E-state index contributed by atoms with van der Waals surface area (Å²) in [6.45, 7) is 3.98. The Hall–Kier alpha value is -3.99. The van der Waals surface area contributed by atoms with Gasteiger partial charge in [0.1, 0.15) is 29.9 Å². The Kier molecular flexibility index (Phi) is 6.97. The number of allylic oxidation sites excluding steroid dienone is 1. The van der Waals surface area contributed by atoms with Gasteiger partial charge in [-0.05, 0) is 53.5 Å². The molecular formula is C24H25F2N7O2. The van der Waals surface area contributed by atoms with E-state index in [2.05, 4.69) is 20.5 Å². The maximum Gasteiger partial charge on any atom is 0.368 e. The Labute approximate surface area is 200 Å². The van der Waals surface area contributed by atoms with Gasteiger partial charge in [-0.2, -0.15) is 14.5 Å². The van der Waals surface area contributed by atoms with Crippen LogP contribution >= 0.6 is 0 Å². The van der Waals surface area contributed by atoms with E-state index in [1.165, 1.54) is 32.8 Å². The second-order valence-electron chi connectivity index (χ2n) is 8.26. The van der Waals surface area contributed by atoms with E-state index < -0.39 is 23.2 Å². The SMILES string of the molecule is CCn1nnn(-c2ccc(/C=C/C[C@H](C)[C@](O)(Cn3cncn3)c3ccc(F)cc3F)cc2)c1=O. The van der Waals surface area contributed by atoms with Crippen LogP contribution in [0.5, 0.6) is 0 Å². The quantitative estimate of drug-likeness (QED) is 0.394. The molecule has 0 aliphatic rings. The second kappa shape index (κ2) is 10.1. The fraction of sp³-hybridized carbons (Fsp3) is 0.292. The lowest BCUT2D eigenvalue weighted by atomic mass is 9.80. The summed E-state index contributed by atoms with van der Waals surface area (Å²) >= 11 is 0. The van der Waals surface area contributed by atoms with Crippen molar-refractivity contribution in [3.05, 3.63) is 94.4 Å². The normalized spacial score (nSPS) is 14.3. The van der Waals surface area contributed by atoms with Gasteiger partial charge in [-0.1, -0.05) is 37.3 Å². The Balaban J connectivity index is 1.52. The minimum Gasteiger partial charge on any atom is -0.383 e. The van der Waals surface area contributed by atoms with Crippen LogP contribution in [0.25, 0.3) is 11.8 Å². The van der Waals surface area contributed by atoms with Crippen LogP contribution in [-0.2, 0) is 18.7 Å². The highest BCUT2D eigenvalue weighted by atomic mass is 19.1. The summed E-state index contributed by atoms with van der Waals surface area (Å²) in [4.78, 5) is 16.1. The molecule has 2 aromatic heterocycles. The lowest BCUT2D eigenvalue weighted by Gasteiger charge is -2.34. The van der Waals surface area contributed by atoms with E-state index in [1.807, 2.05) is 31.2 Å². The van der Waals surface area contributed by atoms with Crippen molar-refractivity contribution in [2.75, 3.05) is 0 Å². The first-order chi connectivity index (χ1) is 16.8. The fourth-order valence-electron chi connectivity index (χ4n) is 3.87. The number of halogens is 2. The highest BCUT2D eigenvalue weighted by Crippen LogP contribution is 2.35. The van der Waals surface area contributed by atoms with Crippen LogP contribution in [0, 0.1) is 17.6 Å². The summed E-state index contributed by atoms with van der Waals surface area (Å²) in [7, 11) is 0.